The van der Waals surface area contributed by atoms with Gasteiger partial charge in [-0.05, 0) is 12.1 Å². The van der Waals surface area contributed by atoms with Gasteiger partial charge in [-0.15, -0.1) is 0 Å². The van der Waals surface area contributed by atoms with Crippen LogP contribution in [0.3, 0.4) is 0 Å². The van der Waals surface area contributed by atoms with Crippen LogP contribution in [0.15, 0.2) is 18.2 Å². The molecule has 0 saturated carbocycles. The van der Waals surface area contributed by atoms with Crippen LogP contribution in [-0.2, 0) is 0 Å². The van der Waals surface area contributed by atoms with E-state index in [-0.39, 0.29) is 23.7 Å². The minimum atomic E-state index is -0.436. The van der Waals surface area contributed by atoms with Crippen LogP contribution in [0.4, 0.5) is 0 Å². The topological polar surface area (TPSA) is 57.6 Å². The standard InChI is InChI=1S/C10H8ClNO3/c11-7-3-1-2-6-8(7)10(15)12(4-5-13)9(6)14/h1-3,13H,4-5H2. The number of hydrogen-bond donors (Lipinski definition) is 1. The molecule has 15 heavy (non-hydrogen) atoms. The molecule has 1 aliphatic rings. The summed E-state index contributed by atoms with van der Waals surface area (Å²) in [4.78, 5) is 24.4. The first-order chi connectivity index (χ1) is 7.16. The Labute approximate surface area is 91.1 Å². The number of fused-ring (bicyclic) bond motifs is 1. The number of imide groups is 1. The van der Waals surface area contributed by atoms with E-state index in [1.165, 1.54) is 0 Å². The van der Waals surface area contributed by atoms with Crippen LogP contribution >= 0.6 is 11.6 Å². The van der Waals surface area contributed by atoms with Crippen LogP contribution in [0.1, 0.15) is 20.7 Å². The highest BCUT2D eigenvalue weighted by Crippen LogP contribution is 2.28. The van der Waals surface area contributed by atoms with Crippen LogP contribution in [0.25, 0.3) is 0 Å². The first-order valence-corrected chi connectivity index (χ1v) is 4.80. The molecular formula is C10H8ClNO3. The lowest BCUT2D eigenvalue weighted by atomic mass is 10.1. The smallest absolute Gasteiger partial charge is 0.263 e. The van der Waals surface area contributed by atoms with E-state index >= 15 is 0 Å². The molecular weight excluding hydrogens is 218 g/mol. The molecule has 0 atom stereocenters. The summed E-state index contributed by atoms with van der Waals surface area (Å²) in [6.07, 6.45) is 0. The van der Waals surface area contributed by atoms with Gasteiger partial charge in [0.1, 0.15) is 0 Å². The Kier molecular flexibility index (Phi) is 2.46. The number of carbonyl (C=O) groups is 2. The highest BCUT2D eigenvalue weighted by Gasteiger charge is 2.36. The molecule has 1 aromatic carbocycles. The number of aliphatic hydroxyl groups excluding tert-OH is 1. The lowest BCUT2D eigenvalue weighted by molar-refractivity contribution is 0.0624. The van der Waals surface area contributed by atoms with Gasteiger partial charge in [0, 0.05) is 0 Å². The summed E-state index contributed by atoms with van der Waals surface area (Å²) in [5.41, 5.74) is 0.540. The molecule has 0 unspecified atom stereocenters. The van der Waals surface area contributed by atoms with Crippen LogP contribution in [-0.4, -0.2) is 35.0 Å². The minimum absolute atomic E-state index is 0.00265. The monoisotopic (exact) mass is 225 g/mol. The normalized spacial score (nSPS) is 14.7. The Morgan fingerprint density at radius 1 is 1.27 bits per heavy atom. The SMILES string of the molecule is O=C1c2cccc(Cl)c2C(=O)N1CCO. The van der Waals surface area contributed by atoms with Gasteiger partial charge in [0.05, 0.1) is 29.3 Å². The van der Waals surface area contributed by atoms with Gasteiger partial charge in [0.15, 0.2) is 0 Å². The second-order valence-corrected chi connectivity index (χ2v) is 3.56. The fraction of sp³-hybridized carbons (Fsp3) is 0.200. The summed E-state index contributed by atoms with van der Waals surface area (Å²) in [7, 11) is 0. The number of halogens is 1. The summed E-state index contributed by atoms with van der Waals surface area (Å²) in [6, 6.07) is 4.74. The fourth-order valence-electron chi connectivity index (χ4n) is 1.60. The number of hydrogen-bond acceptors (Lipinski definition) is 3. The number of β-amino-alcohol motifs (C(OH)–C–C–N with tert-alkyl or cyclic N) is 1. The van der Waals surface area contributed by atoms with Crippen LogP contribution in [0.2, 0.25) is 5.02 Å². The maximum absolute atomic E-state index is 11.7. The molecule has 4 nitrogen and oxygen atoms in total. The molecule has 2 rings (SSSR count). The van der Waals surface area contributed by atoms with Crippen molar-refractivity contribution in [2.75, 3.05) is 13.2 Å². The quantitative estimate of drug-likeness (QED) is 0.762. The van der Waals surface area contributed by atoms with Crippen LogP contribution < -0.4 is 0 Å². The number of aliphatic hydroxyl groups is 1. The summed E-state index contributed by atoms with van der Waals surface area (Å²) in [6.45, 7) is -0.244. The van der Waals surface area contributed by atoms with Gasteiger partial charge in [-0.1, -0.05) is 17.7 Å². The average Bonchev–Trinajstić information content (AvgIpc) is 2.45. The second kappa shape index (κ2) is 3.64. The van der Waals surface area contributed by atoms with E-state index in [9.17, 15) is 9.59 Å². The van der Waals surface area contributed by atoms with Crippen molar-refractivity contribution in [2.45, 2.75) is 0 Å². The van der Waals surface area contributed by atoms with E-state index < -0.39 is 11.8 Å². The third-order valence-electron chi connectivity index (χ3n) is 2.27. The lowest BCUT2D eigenvalue weighted by Crippen LogP contribution is -2.32. The molecule has 0 spiro atoms. The van der Waals surface area contributed by atoms with Crippen molar-refractivity contribution in [3.05, 3.63) is 34.3 Å². The fourth-order valence-corrected chi connectivity index (χ4v) is 1.85. The zero-order valence-corrected chi connectivity index (χ0v) is 8.49. The molecule has 2 amide bonds. The molecule has 0 saturated heterocycles. The van der Waals surface area contributed by atoms with Crippen molar-refractivity contribution in [1.82, 2.24) is 4.90 Å². The molecule has 78 valence electrons. The average molecular weight is 226 g/mol. The van der Waals surface area contributed by atoms with Gasteiger partial charge in [-0.25, -0.2) is 0 Å². The molecule has 0 aromatic heterocycles. The largest absolute Gasteiger partial charge is 0.395 e. The number of benzene rings is 1. The highest BCUT2D eigenvalue weighted by molar-refractivity contribution is 6.37. The van der Waals surface area contributed by atoms with Crippen LogP contribution in [0, 0.1) is 0 Å². The molecule has 0 aliphatic carbocycles. The maximum Gasteiger partial charge on any atom is 0.263 e. The summed E-state index contributed by atoms with van der Waals surface area (Å²) >= 11 is 5.83. The van der Waals surface area contributed by atoms with Crippen molar-refractivity contribution in [1.29, 1.82) is 0 Å². The molecule has 1 aliphatic heterocycles. The molecule has 1 N–H and O–H groups in total. The Morgan fingerprint density at radius 2 is 2.00 bits per heavy atom. The zero-order valence-electron chi connectivity index (χ0n) is 7.74. The summed E-state index contributed by atoms with van der Waals surface area (Å²) in [5.74, 6) is -0.832. The predicted molar refractivity (Wildman–Crippen MR) is 53.9 cm³/mol. The van der Waals surface area contributed by atoms with E-state index in [1.54, 1.807) is 18.2 Å². The number of carbonyl (C=O) groups excluding carboxylic acids is 2. The minimum Gasteiger partial charge on any atom is -0.395 e. The maximum atomic E-state index is 11.7. The van der Waals surface area contributed by atoms with Crippen molar-refractivity contribution in [2.24, 2.45) is 0 Å². The molecule has 1 heterocycles. The van der Waals surface area contributed by atoms with Crippen molar-refractivity contribution >= 4 is 23.4 Å². The molecule has 0 bridgehead atoms. The van der Waals surface area contributed by atoms with Gasteiger partial charge in [0.2, 0.25) is 0 Å². The van der Waals surface area contributed by atoms with E-state index in [2.05, 4.69) is 0 Å². The Morgan fingerprint density at radius 3 is 2.60 bits per heavy atom. The van der Waals surface area contributed by atoms with Crippen molar-refractivity contribution in [3.63, 3.8) is 0 Å². The zero-order chi connectivity index (χ0) is 11.0. The first-order valence-electron chi connectivity index (χ1n) is 4.42. The molecule has 0 radical (unpaired) electrons. The van der Waals surface area contributed by atoms with E-state index in [1.807, 2.05) is 0 Å². The van der Waals surface area contributed by atoms with Gasteiger partial charge in [0.25, 0.3) is 11.8 Å². The highest BCUT2D eigenvalue weighted by atomic mass is 35.5. The molecule has 0 fully saturated rings. The second-order valence-electron chi connectivity index (χ2n) is 3.15. The van der Waals surface area contributed by atoms with Gasteiger partial charge in [-0.3, -0.25) is 14.5 Å². The van der Waals surface area contributed by atoms with Crippen LogP contribution in [0.5, 0.6) is 0 Å². The third-order valence-corrected chi connectivity index (χ3v) is 2.59. The Hall–Kier alpha value is -1.39. The van der Waals surface area contributed by atoms with Gasteiger partial charge in [-0.2, -0.15) is 0 Å². The van der Waals surface area contributed by atoms with Gasteiger partial charge >= 0.3 is 0 Å². The predicted octanol–water partition coefficient (Wildman–Crippen LogP) is 0.928. The lowest BCUT2D eigenvalue weighted by Gasteiger charge is -2.10. The Bertz CT molecular complexity index is 444. The number of nitrogens with zero attached hydrogens (tertiary/aromatic N) is 1. The first kappa shape index (κ1) is 10.1. The van der Waals surface area contributed by atoms with Crippen molar-refractivity contribution in [3.8, 4) is 0 Å². The molecule has 1 aromatic rings. The number of rotatable bonds is 2. The van der Waals surface area contributed by atoms with E-state index in [4.69, 9.17) is 16.7 Å². The van der Waals surface area contributed by atoms with E-state index in [0.29, 0.717) is 5.56 Å². The Balaban J connectivity index is 2.51. The number of amides is 2. The van der Waals surface area contributed by atoms with E-state index in [0.717, 1.165) is 4.90 Å². The summed E-state index contributed by atoms with van der Waals surface area (Å²) in [5, 5.41) is 9.00. The van der Waals surface area contributed by atoms with Crippen molar-refractivity contribution < 1.29 is 14.7 Å². The van der Waals surface area contributed by atoms with Gasteiger partial charge < -0.3 is 5.11 Å². The summed E-state index contributed by atoms with van der Waals surface area (Å²) < 4.78 is 0. The third kappa shape index (κ3) is 1.42. The molecule has 5 heteroatoms.